The Hall–Kier alpha value is -2.71. The van der Waals surface area contributed by atoms with Gasteiger partial charge < -0.3 is 4.42 Å². The second-order valence-corrected chi connectivity index (χ2v) is 8.73. The number of hydrogen-bond donors (Lipinski definition) is 0. The van der Waals surface area contributed by atoms with Gasteiger partial charge in [0, 0.05) is 11.3 Å². The molecule has 0 spiro atoms. The van der Waals surface area contributed by atoms with E-state index in [2.05, 4.69) is 4.98 Å². The molecule has 2 aromatic heterocycles. The van der Waals surface area contributed by atoms with Gasteiger partial charge in [-0.2, -0.15) is 0 Å². The molecule has 0 aliphatic rings. The van der Waals surface area contributed by atoms with Crippen molar-refractivity contribution in [3.05, 3.63) is 78.3 Å². The van der Waals surface area contributed by atoms with E-state index in [1.165, 1.54) is 29.5 Å². The maximum atomic E-state index is 14.1. The van der Waals surface area contributed by atoms with E-state index >= 15 is 0 Å². The fraction of sp³-hybridized carbons (Fsp3) is 0.182. The van der Waals surface area contributed by atoms with E-state index in [1.807, 2.05) is 0 Å². The third-order valence-corrected chi connectivity index (χ3v) is 6.54. The molecule has 4 aromatic rings. The largest absolute Gasteiger partial charge is 0.467 e. The number of aromatic nitrogens is 1. The van der Waals surface area contributed by atoms with Gasteiger partial charge in [0.05, 0.1) is 17.5 Å². The Morgan fingerprint density at radius 3 is 2.67 bits per heavy atom. The minimum Gasteiger partial charge on any atom is -0.467 e. The topological polar surface area (TPSA) is 46.3 Å². The lowest BCUT2D eigenvalue weighted by Crippen LogP contribution is -2.30. The zero-order valence-corrected chi connectivity index (χ0v) is 17.5. The molecule has 0 saturated carbocycles. The molecule has 0 atom stereocenters. The molecule has 1 amide bonds. The maximum Gasteiger partial charge on any atom is 0.229 e. The minimum atomic E-state index is -0.406. The quantitative estimate of drug-likeness (QED) is 0.237. The number of carbonyl (C=O) groups excluding carboxylic acids is 1. The van der Waals surface area contributed by atoms with Crippen molar-refractivity contribution in [3.63, 3.8) is 0 Å². The molecule has 4 nitrogen and oxygen atoms in total. The molecule has 0 aliphatic heterocycles. The number of benzene rings is 2. The van der Waals surface area contributed by atoms with Crippen LogP contribution in [0.1, 0.15) is 18.6 Å². The minimum absolute atomic E-state index is 0.106. The zero-order chi connectivity index (χ0) is 20.9. The molecule has 2 heterocycles. The van der Waals surface area contributed by atoms with Gasteiger partial charge in [0.15, 0.2) is 5.13 Å². The van der Waals surface area contributed by atoms with E-state index < -0.39 is 5.82 Å². The van der Waals surface area contributed by atoms with Gasteiger partial charge in [-0.3, -0.25) is 9.69 Å². The summed E-state index contributed by atoms with van der Waals surface area (Å²) in [4.78, 5) is 19.9. The van der Waals surface area contributed by atoms with Gasteiger partial charge in [-0.1, -0.05) is 17.4 Å². The van der Waals surface area contributed by atoms with Crippen LogP contribution in [0.15, 0.2) is 70.2 Å². The standard InChI is InChI=1S/C22H18F2N2O2S2/c23-15-8-10-17(11-9-15)29-13-3-7-20(27)26(14-16-4-2-12-28-16)22-25-21-18(24)5-1-6-19(21)30-22/h1-2,4-6,8-12H,3,7,13-14H2. The molecule has 0 radical (unpaired) electrons. The highest BCUT2D eigenvalue weighted by Crippen LogP contribution is 2.32. The van der Waals surface area contributed by atoms with Gasteiger partial charge in [0.25, 0.3) is 0 Å². The van der Waals surface area contributed by atoms with Gasteiger partial charge in [0.2, 0.25) is 5.91 Å². The van der Waals surface area contributed by atoms with Gasteiger partial charge >= 0.3 is 0 Å². The van der Waals surface area contributed by atoms with Crippen LogP contribution < -0.4 is 4.90 Å². The number of fused-ring (bicyclic) bond motifs is 1. The highest BCUT2D eigenvalue weighted by Gasteiger charge is 2.21. The maximum absolute atomic E-state index is 14.1. The van der Waals surface area contributed by atoms with Gasteiger partial charge in [-0.15, -0.1) is 11.8 Å². The van der Waals surface area contributed by atoms with E-state index in [4.69, 9.17) is 4.42 Å². The lowest BCUT2D eigenvalue weighted by atomic mass is 10.3. The number of furan rings is 1. The number of para-hydroxylation sites is 1. The van der Waals surface area contributed by atoms with Crippen LogP contribution in [0.4, 0.5) is 13.9 Å². The third-order valence-electron chi connectivity index (χ3n) is 4.40. The number of thiazole rings is 1. The number of anilines is 1. The number of hydrogen-bond acceptors (Lipinski definition) is 5. The molecule has 2 aromatic carbocycles. The van der Waals surface area contributed by atoms with Gasteiger partial charge in [-0.25, -0.2) is 13.8 Å². The normalized spacial score (nSPS) is 11.1. The van der Waals surface area contributed by atoms with E-state index in [0.29, 0.717) is 28.4 Å². The number of amides is 1. The van der Waals surface area contributed by atoms with E-state index in [0.717, 1.165) is 10.6 Å². The third kappa shape index (κ3) is 4.88. The van der Waals surface area contributed by atoms with Crippen LogP contribution in [0.5, 0.6) is 0 Å². The number of rotatable bonds is 8. The SMILES string of the molecule is O=C(CCCSc1ccc(F)cc1)N(Cc1ccco1)c1nc2c(F)cccc2s1. The monoisotopic (exact) mass is 444 g/mol. The predicted octanol–water partition coefficient (Wildman–Crippen LogP) is 6.27. The predicted molar refractivity (Wildman–Crippen MR) is 116 cm³/mol. The van der Waals surface area contributed by atoms with Gasteiger partial charge in [-0.05, 0) is 60.7 Å². The molecule has 0 aliphatic carbocycles. The molecule has 4 rings (SSSR count). The zero-order valence-electron chi connectivity index (χ0n) is 15.9. The second-order valence-electron chi connectivity index (χ2n) is 6.55. The number of carbonyl (C=O) groups is 1. The highest BCUT2D eigenvalue weighted by molar-refractivity contribution is 7.99. The Morgan fingerprint density at radius 2 is 1.93 bits per heavy atom. The molecule has 0 bridgehead atoms. The lowest BCUT2D eigenvalue weighted by molar-refractivity contribution is -0.118. The Morgan fingerprint density at radius 1 is 1.10 bits per heavy atom. The average Bonchev–Trinajstić information content (AvgIpc) is 3.41. The summed E-state index contributed by atoms with van der Waals surface area (Å²) in [5.41, 5.74) is 0.265. The Balaban J connectivity index is 1.45. The van der Waals surface area contributed by atoms with Crippen LogP contribution in [0.25, 0.3) is 10.2 Å². The van der Waals surface area contributed by atoms with Crippen LogP contribution in [-0.4, -0.2) is 16.6 Å². The van der Waals surface area contributed by atoms with Crippen LogP contribution in [0.2, 0.25) is 0 Å². The Labute approximate surface area is 180 Å². The average molecular weight is 445 g/mol. The first-order valence-electron chi connectivity index (χ1n) is 9.36. The van der Waals surface area contributed by atoms with Crippen LogP contribution in [-0.2, 0) is 11.3 Å². The van der Waals surface area contributed by atoms with E-state index in [9.17, 15) is 13.6 Å². The first-order valence-corrected chi connectivity index (χ1v) is 11.2. The van der Waals surface area contributed by atoms with Crippen molar-refractivity contribution in [2.24, 2.45) is 0 Å². The van der Waals surface area contributed by atoms with Crippen molar-refractivity contribution in [3.8, 4) is 0 Å². The fourth-order valence-corrected chi connectivity index (χ4v) is 4.77. The van der Waals surface area contributed by atoms with E-state index in [1.54, 1.807) is 59.3 Å². The summed E-state index contributed by atoms with van der Waals surface area (Å²) in [5.74, 6) is 0.571. The highest BCUT2D eigenvalue weighted by atomic mass is 32.2. The van der Waals surface area contributed by atoms with Crippen molar-refractivity contribution in [1.82, 2.24) is 4.98 Å². The Bertz CT molecular complexity index is 1130. The van der Waals surface area contributed by atoms with Gasteiger partial charge in [0.1, 0.15) is 22.9 Å². The molecule has 30 heavy (non-hydrogen) atoms. The second kappa shape index (κ2) is 9.40. The van der Waals surface area contributed by atoms with Crippen molar-refractivity contribution in [1.29, 1.82) is 0 Å². The van der Waals surface area contributed by atoms with Crippen molar-refractivity contribution in [2.45, 2.75) is 24.3 Å². The first kappa shape index (κ1) is 20.6. The number of nitrogens with zero attached hydrogens (tertiary/aromatic N) is 2. The van der Waals surface area contributed by atoms with Crippen LogP contribution in [0, 0.1) is 11.6 Å². The van der Waals surface area contributed by atoms with Crippen molar-refractivity contribution in [2.75, 3.05) is 10.7 Å². The van der Waals surface area contributed by atoms with E-state index in [-0.39, 0.29) is 23.8 Å². The molecule has 0 saturated heterocycles. The molecule has 154 valence electrons. The number of halogens is 2. The molecule has 0 fully saturated rings. The summed E-state index contributed by atoms with van der Waals surface area (Å²) in [6.45, 7) is 0.235. The lowest BCUT2D eigenvalue weighted by Gasteiger charge is -2.18. The summed E-state index contributed by atoms with van der Waals surface area (Å²) in [7, 11) is 0. The summed E-state index contributed by atoms with van der Waals surface area (Å²) < 4.78 is 33.2. The Kier molecular flexibility index (Phi) is 6.44. The summed E-state index contributed by atoms with van der Waals surface area (Å²) in [6.07, 6.45) is 2.51. The molecule has 8 heteroatoms. The first-order chi connectivity index (χ1) is 14.6. The molecular formula is C22H18F2N2O2S2. The summed E-state index contributed by atoms with van der Waals surface area (Å²) >= 11 is 2.85. The fourth-order valence-electron chi connectivity index (χ4n) is 2.92. The van der Waals surface area contributed by atoms with Crippen molar-refractivity contribution >= 4 is 44.4 Å². The van der Waals surface area contributed by atoms with Crippen LogP contribution >= 0.6 is 23.1 Å². The van der Waals surface area contributed by atoms with Crippen molar-refractivity contribution < 1.29 is 18.0 Å². The summed E-state index contributed by atoms with van der Waals surface area (Å²) in [5, 5.41) is 0.447. The van der Waals surface area contributed by atoms with Crippen LogP contribution in [0.3, 0.4) is 0 Å². The molecule has 0 unspecified atom stereocenters. The molecular weight excluding hydrogens is 426 g/mol. The number of thioether (sulfide) groups is 1. The summed E-state index contributed by atoms with van der Waals surface area (Å²) in [6, 6.07) is 14.6. The molecule has 0 N–H and O–H groups in total. The smallest absolute Gasteiger partial charge is 0.229 e.